The Bertz CT molecular complexity index is 719. The van der Waals surface area contributed by atoms with Gasteiger partial charge in [-0.3, -0.25) is 4.79 Å². The van der Waals surface area contributed by atoms with Crippen molar-refractivity contribution < 1.29 is 9.21 Å². The Morgan fingerprint density at radius 3 is 2.42 bits per heavy atom. The van der Waals surface area contributed by atoms with Crippen LogP contribution in [0.3, 0.4) is 0 Å². The molecule has 2 rings (SSSR count). The van der Waals surface area contributed by atoms with Gasteiger partial charge in [0, 0.05) is 0 Å². The van der Waals surface area contributed by atoms with Crippen LogP contribution in [0.15, 0.2) is 47.1 Å². The van der Waals surface area contributed by atoms with Crippen molar-refractivity contribution >= 4 is 75.3 Å². The average molecular weight is 427 g/mol. The van der Waals surface area contributed by atoms with E-state index in [2.05, 4.69) is 16.0 Å². The Balaban J connectivity index is 2.05. The van der Waals surface area contributed by atoms with Crippen LogP contribution < -0.4 is 16.0 Å². The number of thiocarbonyl (C=S) groups is 1. The number of nitrogens with one attached hydrogen (secondary N) is 3. The van der Waals surface area contributed by atoms with Crippen LogP contribution in [0.25, 0.3) is 0 Å². The number of furan rings is 1. The van der Waals surface area contributed by atoms with E-state index < -0.39 is 15.9 Å². The van der Waals surface area contributed by atoms with E-state index in [4.69, 9.17) is 63.0 Å². The molecule has 3 N–H and O–H groups in total. The highest BCUT2D eigenvalue weighted by Gasteiger charge is 2.35. The molecule has 1 atom stereocenters. The lowest BCUT2D eigenvalue weighted by molar-refractivity contribution is 0.0906. The van der Waals surface area contributed by atoms with E-state index >= 15 is 0 Å². The largest absolute Gasteiger partial charge is 0.459 e. The third kappa shape index (κ3) is 5.43. The van der Waals surface area contributed by atoms with Crippen molar-refractivity contribution in [2.24, 2.45) is 0 Å². The van der Waals surface area contributed by atoms with Gasteiger partial charge in [-0.25, -0.2) is 0 Å². The molecule has 1 heterocycles. The minimum atomic E-state index is -1.87. The van der Waals surface area contributed by atoms with Crippen LogP contribution in [0, 0.1) is 0 Å². The zero-order chi connectivity index (χ0) is 17.7. The summed E-state index contributed by atoms with van der Waals surface area (Å²) in [7, 11) is 0. The van der Waals surface area contributed by atoms with Crippen LogP contribution in [0.4, 0.5) is 5.69 Å². The van der Waals surface area contributed by atoms with Crippen molar-refractivity contribution in [1.82, 2.24) is 10.6 Å². The Morgan fingerprint density at radius 2 is 1.83 bits per heavy atom. The lowest BCUT2D eigenvalue weighted by Gasteiger charge is -2.27. The molecule has 1 aromatic carbocycles. The molecule has 128 valence electrons. The number of hydrogen-bond acceptors (Lipinski definition) is 3. The van der Waals surface area contributed by atoms with E-state index in [1.54, 1.807) is 30.3 Å². The molecule has 0 aliphatic rings. The molecule has 1 amide bonds. The lowest BCUT2D eigenvalue weighted by Crippen LogP contribution is -2.56. The Kier molecular flexibility index (Phi) is 6.60. The lowest BCUT2D eigenvalue weighted by atomic mass is 10.3. The number of carbonyl (C=O) groups excluding carboxylic acids is 1. The first kappa shape index (κ1) is 19.1. The Morgan fingerprint density at radius 1 is 1.12 bits per heavy atom. The Labute approximate surface area is 163 Å². The van der Waals surface area contributed by atoms with Crippen LogP contribution in [0.5, 0.6) is 0 Å². The van der Waals surface area contributed by atoms with E-state index in [-0.39, 0.29) is 10.9 Å². The maximum atomic E-state index is 12.1. The summed E-state index contributed by atoms with van der Waals surface area (Å²) in [5, 5.41) is 8.64. The maximum absolute atomic E-state index is 12.1. The van der Waals surface area contributed by atoms with Crippen molar-refractivity contribution in [3.8, 4) is 0 Å². The van der Waals surface area contributed by atoms with E-state index in [9.17, 15) is 4.79 Å². The summed E-state index contributed by atoms with van der Waals surface area (Å²) in [5.74, 6) is -0.495. The molecule has 0 radical (unpaired) electrons. The smallest absolute Gasteiger partial charge is 0.288 e. The van der Waals surface area contributed by atoms with Gasteiger partial charge in [0.15, 0.2) is 10.9 Å². The number of alkyl halides is 3. The van der Waals surface area contributed by atoms with Gasteiger partial charge < -0.3 is 20.4 Å². The van der Waals surface area contributed by atoms with Gasteiger partial charge >= 0.3 is 0 Å². The average Bonchev–Trinajstić information content (AvgIpc) is 3.02. The molecule has 0 bridgehead atoms. The first-order chi connectivity index (χ1) is 11.3. The molecule has 1 aromatic heterocycles. The molecule has 24 heavy (non-hydrogen) atoms. The SMILES string of the molecule is O=C(NC(NC(=S)Nc1ccccc1Cl)C(Cl)(Cl)Cl)c1ccco1. The predicted molar refractivity (Wildman–Crippen MR) is 101 cm³/mol. The van der Waals surface area contributed by atoms with Crippen molar-refractivity contribution in [1.29, 1.82) is 0 Å². The predicted octanol–water partition coefficient (Wildman–Crippen LogP) is 4.35. The summed E-state index contributed by atoms with van der Waals surface area (Å²) in [4.78, 5) is 12.1. The topological polar surface area (TPSA) is 66.3 Å². The molecule has 0 saturated carbocycles. The van der Waals surface area contributed by atoms with Crippen LogP contribution in [0.1, 0.15) is 10.6 Å². The summed E-state index contributed by atoms with van der Waals surface area (Å²) in [5.41, 5.74) is 0.567. The van der Waals surface area contributed by atoms with Crippen LogP contribution in [-0.4, -0.2) is 21.0 Å². The van der Waals surface area contributed by atoms with Gasteiger partial charge in [-0.1, -0.05) is 58.5 Å². The summed E-state index contributed by atoms with van der Waals surface area (Å²) in [6, 6.07) is 10.0. The molecule has 0 aliphatic carbocycles. The number of carbonyl (C=O) groups is 1. The highest BCUT2D eigenvalue weighted by atomic mass is 35.6. The molecule has 0 saturated heterocycles. The monoisotopic (exact) mass is 425 g/mol. The van der Waals surface area contributed by atoms with Crippen molar-refractivity contribution in [3.63, 3.8) is 0 Å². The molecule has 1 unspecified atom stereocenters. The number of anilines is 1. The first-order valence-electron chi connectivity index (χ1n) is 6.50. The standard InChI is InChI=1S/C14H11Cl4N3O2S/c15-8-4-1-2-5-9(8)19-13(24)21-12(14(16,17)18)20-11(22)10-6-3-7-23-10/h1-7,12H,(H,20,22)(H2,19,21,24). The number of halogens is 4. The van der Waals surface area contributed by atoms with Crippen molar-refractivity contribution in [3.05, 3.63) is 53.4 Å². The molecule has 0 fully saturated rings. The molecular weight excluding hydrogens is 416 g/mol. The number of amides is 1. The number of benzene rings is 1. The van der Waals surface area contributed by atoms with Crippen LogP contribution >= 0.6 is 58.6 Å². The fourth-order valence-electron chi connectivity index (χ4n) is 1.66. The third-order valence-electron chi connectivity index (χ3n) is 2.75. The quantitative estimate of drug-likeness (QED) is 0.385. The molecule has 5 nitrogen and oxygen atoms in total. The van der Waals surface area contributed by atoms with Gasteiger partial charge in [0.05, 0.1) is 17.0 Å². The fraction of sp³-hybridized carbons (Fsp3) is 0.143. The summed E-state index contributed by atoms with van der Waals surface area (Å²) in [6.07, 6.45) is 0.249. The molecular formula is C14H11Cl4N3O2S. The highest BCUT2D eigenvalue weighted by molar-refractivity contribution is 7.80. The second-order valence-corrected chi connectivity index (χ2v) is 7.69. The maximum Gasteiger partial charge on any atom is 0.288 e. The van der Waals surface area contributed by atoms with Crippen molar-refractivity contribution in [2.45, 2.75) is 9.96 Å². The van der Waals surface area contributed by atoms with Gasteiger partial charge in [0.1, 0.15) is 6.17 Å². The van der Waals surface area contributed by atoms with E-state index in [0.29, 0.717) is 10.7 Å². The van der Waals surface area contributed by atoms with Gasteiger partial charge in [-0.2, -0.15) is 0 Å². The first-order valence-corrected chi connectivity index (χ1v) is 8.42. The molecule has 2 aromatic rings. The van der Waals surface area contributed by atoms with Crippen LogP contribution in [-0.2, 0) is 0 Å². The number of rotatable bonds is 4. The summed E-state index contributed by atoms with van der Waals surface area (Å²) < 4.78 is 3.12. The van der Waals surface area contributed by atoms with Gasteiger partial charge in [-0.05, 0) is 36.5 Å². The fourth-order valence-corrected chi connectivity index (χ4v) is 2.40. The molecule has 10 heteroatoms. The highest BCUT2D eigenvalue weighted by Crippen LogP contribution is 2.29. The van der Waals surface area contributed by atoms with E-state index in [0.717, 1.165) is 0 Å². The number of hydrogen-bond donors (Lipinski definition) is 3. The minimum Gasteiger partial charge on any atom is -0.459 e. The number of para-hydroxylation sites is 1. The molecule has 0 spiro atoms. The van der Waals surface area contributed by atoms with Crippen LogP contribution in [0.2, 0.25) is 5.02 Å². The zero-order valence-corrected chi connectivity index (χ0v) is 15.7. The van der Waals surface area contributed by atoms with Crippen molar-refractivity contribution in [2.75, 3.05) is 5.32 Å². The third-order valence-corrected chi connectivity index (χ3v) is 3.95. The normalized spacial score (nSPS) is 12.3. The summed E-state index contributed by atoms with van der Waals surface area (Å²) >= 11 is 28.9. The minimum absolute atomic E-state index is 0.0704. The second-order valence-electron chi connectivity index (χ2n) is 4.50. The Hall–Kier alpha value is -1.18. The van der Waals surface area contributed by atoms with E-state index in [1.165, 1.54) is 12.3 Å². The molecule has 0 aliphatic heterocycles. The van der Waals surface area contributed by atoms with Gasteiger partial charge in [0.25, 0.3) is 5.91 Å². The summed E-state index contributed by atoms with van der Waals surface area (Å²) in [6.45, 7) is 0. The second kappa shape index (κ2) is 8.27. The van der Waals surface area contributed by atoms with Gasteiger partial charge in [0.2, 0.25) is 3.79 Å². The van der Waals surface area contributed by atoms with Gasteiger partial charge in [-0.15, -0.1) is 0 Å². The zero-order valence-electron chi connectivity index (χ0n) is 11.9. The van der Waals surface area contributed by atoms with E-state index in [1.807, 2.05) is 0 Å².